The maximum atomic E-state index is 12.5. The summed E-state index contributed by atoms with van der Waals surface area (Å²) in [7, 11) is 0. The average molecular weight is 329 g/mol. The number of nitrogens with zero attached hydrogens (tertiary/aromatic N) is 4. The molecule has 0 unspecified atom stereocenters. The number of nitrogens with one attached hydrogen (secondary N) is 1. The van der Waals surface area contributed by atoms with Crippen LogP contribution in [0.3, 0.4) is 0 Å². The van der Waals surface area contributed by atoms with Gasteiger partial charge in [-0.05, 0) is 30.4 Å². The van der Waals surface area contributed by atoms with E-state index >= 15 is 0 Å². The van der Waals surface area contributed by atoms with Crippen LogP contribution in [0.1, 0.15) is 36.6 Å². The number of hydrogen-bond acceptors (Lipinski definition) is 6. The van der Waals surface area contributed by atoms with Crippen molar-refractivity contribution in [2.45, 2.75) is 25.2 Å². The van der Waals surface area contributed by atoms with Crippen molar-refractivity contribution in [2.75, 3.05) is 5.32 Å². The number of hydrogen-bond donors (Lipinski definition) is 1. The van der Waals surface area contributed by atoms with Gasteiger partial charge >= 0.3 is 6.43 Å². The monoisotopic (exact) mass is 329 g/mol. The Morgan fingerprint density at radius 1 is 1.08 bits per heavy atom. The normalized spacial score (nSPS) is 14.1. The molecule has 24 heavy (non-hydrogen) atoms. The van der Waals surface area contributed by atoms with E-state index in [1.165, 1.54) is 30.8 Å². The second kappa shape index (κ2) is 5.95. The van der Waals surface area contributed by atoms with Crippen molar-refractivity contribution in [3.63, 3.8) is 0 Å². The van der Waals surface area contributed by atoms with Gasteiger partial charge in [-0.15, -0.1) is 10.2 Å². The van der Waals surface area contributed by atoms with Crippen LogP contribution in [0, 0.1) is 0 Å². The Hall–Kier alpha value is -2.90. The summed E-state index contributed by atoms with van der Waals surface area (Å²) in [5.74, 6) is 0.264. The van der Waals surface area contributed by atoms with E-state index in [-0.39, 0.29) is 5.89 Å². The van der Waals surface area contributed by atoms with Gasteiger partial charge in [0.2, 0.25) is 5.95 Å². The zero-order valence-electron chi connectivity index (χ0n) is 12.5. The Morgan fingerprint density at radius 3 is 2.50 bits per heavy atom. The molecule has 0 amide bonds. The number of rotatable bonds is 5. The lowest BCUT2D eigenvalue weighted by atomic mass is 10.1. The smallest absolute Gasteiger partial charge is 0.314 e. The number of alkyl halides is 2. The average Bonchev–Trinajstić information content (AvgIpc) is 3.32. The third-order valence-electron chi connectivity index (χ3n) is 3.75. The molecule has 0 spiro atoms. The lowest BCUT2D eigenvalue weighted by Crippen LogP contribution is -1.99. The molecule has 1 fully saturated rings. The van der Waals surface area contributed by atoms with Gasteiger partial charge in [-0.1, -0.05) is 18.2 Å². The molecule has 2 aromatic heterocycles. The largest absolute Gasteiger partial charge is 0.415 e. The molecule has 1 aliphatic rings. The molecular formula is C16H13F2N5O. The number of aromatic nitrogens is 4. The first kappa shape index (κ1) is 14.7. The van der Waals surface area contributed by atoms with Gasteiger partial charge in [-0.25, -0.2) is 9.97 Å². The molecule has 4 rings (SSSR count). The van der Waals surface area contributed by atoms with E-state index in [1.807, 2.05) is 18.2 Å². The van der Waals surface area contributed by atoms with Crippen molar-refractivity contribution in [3.8, 4) is 11.5 Å². The summed E-state index contributed by atoms with van der Waals surface area (Å²) in [5.41, 5.74) is 2.62. The van der Waals surface area contributed by atoms with Crippen LogP contribution in [0.15, 0.2) is 41.1 Å². The highest BCUT2D eigenvalue weighted by Crippen LogP contribution is 2.43. The van der Waals surface area contributed by atoms with Crippen LogP contribution in [-0.2, 0) is 0 Å². The highest BCUT2D eigenvalue weighted by atomic mass is 19.3. The zero-order chi connectivity index (χ0) is 16.5. The highest BCUT2D eigenvalue weighted by Gasteiger charge is 2.26. The Labute approximate surface area is 136 Å². The van der Waals surface area contributed by atoms with Gasteiger partial charge in [0.25, 0.3) is 11.8 Å². The van der Waals surface area contributed by atoms with Crippen molar-refractivity contribution < 1.29 is 13.2 Å². The molecule has 1 saturated carbocycles. The van der Waals surface area contributed by atoms with Crippen molar-refractivity contribution in [1.82, 2.24) is 20.2 Å². The predicted molar refractivity (Wildman–Crippen MR) is 82.0 cm³/mol. The molecular weight excluding hydrogens is 316 g/mol. The summed E-state index contributed by atoms with van der Waals surface area (Å²) < 4.78 is 29.8. The Morgan fingerprint density at radius 2 is 1.83 bits per heavy atom. The van der Waals surface area contributed by atoms with Gasteiger partial charge in [-0.2, -0.15) is 8.78 Å². The van der Waals surface area contributed by atoms with Crippen LogP contribution in [0.4, 0.5) is 20.4 Å². The number of benzene rings is 1. The van der Waals surface area contributed by atoms with E-state index in [2.05, 4.69) is 31.5 Å². The van der Waals surface area contributed by atoms with Crippen molar-refractivity contribution in [3.05, 3.63) is 48.1 Å². The second-order valence-corrected chi connectivity index (χ2v) is 5.53. The first-order valence-electron chi connectivity index (χ1n) is 7.50. The predicted octanol–water partition coefficient (Wildman–Crippen LogP) is 4.09. The molecule has 1 N–H and O–H groups in total. The van der Waals surface area contributed by atoms with Crippen LogP contribution in [0.5, 0.6) is 0 Å². The van der Waals surface area contributed by atoms with Gasteiger partial charge in [0, 0.05) is 18.1 Å². The third kappa shape index (κ3) is 2.94. The zero-order valence-corrected chi connectivity index (χ0v) is 12.5. The third-order valence-corrected chi connectivity index (χ3v) is 3.75. The van der Waals surface area contributed by atoms with E-state index < -0.39 is 12.3 Å². The quantitative estimate of drug-likeness (QED) is 0.760. The van der Waals surface area contributed by atoms with E-state index in [4.69, 9.17) is 4.42 Å². The molecule has 1 aliphatic carbocycles. The Kier molecular flexibility index (Phi) is 3.64. The Bertz CT molecular complexity index is 846. The summed E-state index contributed by atoms with van der Waals surface area (Å²) in [5, 5.41) is 10.0. The Balaban J connectivity index is 1.53. The number of halogens is 2. The van der Waals surface area contributed by atoms with Gasteiger partial charge in [0.15, 0.2) is 0 Å². The van der Waals surface area contributed by atoms with Crippen molar-refractivity contribution >= 4 is 11.6 Å². The van der Waals surface area contributed by atoms with Crippen LogP contribution in [-0.4, -0.2) is 20.2 Å². The summed E-state index contributed by atoms with van der Waals surface area (Å²) in [6.45, 7) is 0. The van der Waals surface area contributed by atoms with Gasteiger partial charge < -0.3 is 9.73 Å². The summed E-state index contributed by atoms with van der Waals surface area (Å²) in [4.78, 5) is 8.38. The fraction of sp³-hybridized carbons (Fsp3) is 0.250. The minimum absolute atomic E-state index is 0.0322. The molecule has 1 aromatic carbocycles. The molecule has 0 atom stereocenters. The maximum absolute atomic E-state index is 12.5. The summed E-state index contributed by atoms with van der Waals surface area (Å²) >= 11 is 0. The van der Waals surface area contributed by atoms with E-state index in [0.717, 1.165) is 5.69 Å². The SMILES string of the molecule is FC(F)c1nnc(-c2cnc(Nc3ccccc3C3CC3)nc2)o1. The highest BCUT2D eigenvalue weighted by molar-refractivity contribution is 5.61. The van der Waals surface area contributed by atoms with Crippen LogP contribution in [0.25, 0.3) is 11.5 Å². The standard InChI is InChI=1S/C16H13F2N5O/c17-13(18)15-23-22-14(24-15)10-7-19-16(20-8-10)21-12-4-2-1-3-11(12)9-5-6-9/h1-4,7-9,13H,5-6H2,(H,19,20,21). The number of para-hydroxylation sites is 1. The van der Waals surface area contributed by atoms with Gasteiger partial charge in [0.05, 0.1) is 5.56 Å². The van der Waals surface area contributed by atoms with Crippen molar-refractivity contribution in [2.24, 2.45) is 0 Å². The molecule has 2 heterocycles. The molecule has 3 aromatic rings. The van der Waals surface area contributed by atoms with Crippen LogP contribution < -0.4 is 5.32 Å². The molecule has 0 radical (unpaired) electrons. The lowest BCUT2D eigenvalue weighted by Gasteiger charge is -2.09. The van der Waals surface area contributed by atoms with E-state index in [9.17, 15) is 8.78 Å². The molecule has 122 valence electrons. The molecule has 8 heteroatoms. The fourth-order valence-corrected chi connectivity index (χ4v) is 2.42. The summed E-state index contributed by atoms with van der Waals surface area (Å²) in [6, 6.07) is 8.04. The molecule has 6 nitrogen and oxygen atoms in total. The number of anilines is 2. The topological polar surface area (TPSA) is 76.7 Å². The molecule has 0 bridgehead atoms. The van der Waals surface area contributed by atoms with Crippen LogP contribution >= 0.6 is 0 Å². The first-order valence-corrected chi connectivity index (χ1v) is 7.50. The first-order chi connectivity index (χ1) is 11.7. The van der Waals surface area contributed by atoms with Gasteiger partial charge in [0.1, 0.15) is 0 Å². The minimum Gasteiger partial charge on any atom is -0.415 e. The second-order valence-electron chi connectivity index (χ2n) is 5.53. The minimum atomic E-state index is -2.80. The lowest BCUT2D eigenvalue weighted by molar-refractivity contribution is 0.116. The van der Waals surface area contributed by atoms with E-state index in [0.29, 0.717) is 17.4 Å². The van der Waals surface area contributed by atoms with E-state index in [1.54, 1.807) is 0 Å². The fourth-order valence-electron chi connectivity index (χ4n) is 2.42. The molecule has 0 aliphatic heterocycles. The maximum Gasteiger partial charge on any atom is 0.314 e. The van der Waals surface area contributed by atoms with Gasteiger partial charge in [-0.3, -0.25) is 0 Å². The summed E-state index contributed by atoms with van der Waals surface area (Å²) in [6.07, 6.45) is 2.51. The van der Waals surface area contributed by atoms with Crippen molar-refractivity contribution in [1.29, 1.82) is 0 Å². The van der Waals surface area contributed by atoms with Crippen LogP contribution in [0.2, 0.25) is 0 Å². The molecule has 0 saturated heterocycles.